The van der Waals surface area contributed by atoms with Gasteiger partial charge in [-0.2, -0.15) is 0 Å². The highest BCUT2D eigenvalue weighted by Crippen LogP contribution is 2.22. The third-order valence-corrected chi connectivity index (χ3v) is 3.98. The SMILES string of the molecule is Fc1ccc(Br)cc1OCCCCCCCCCBr. The zero-order valence-electron chi connectivity index (χ0n) is 11.1. The molecule has 0 aliphatic heterocycles. The van der Waals surface area contributed by atoms with Gasteiger partial charge in [0.1, 0.15) is 0 Å². The molecule has 0 saturated heterocycles. The normalized spacial score (nSPS) is 10.7. The molecular formula is C15H21Br2FO. The van der Waals surface area contributed by atoms with Crippen molar-refractivity contribution in [3.8, 4) is 5.75 Å². The molecule has 1 nitrogen and oxygen atoms in total. The van der Waals surface area contributed by atoms with Crippen LogP contribution in [0.2, 0.25) is 0 Å². The lowest BCUT2D eigenvalue weighted by Gasteiger charge is -2.07. The minimum absolute atomic E-state index is 0.294. The van der Waals surface area contributed by atoms with E-state index in [0.29, 0.717) is 12.4 Å². The Morgan fingerprint density at radius 1 is 0.947 bits per heavy atom. The maximum absolute atomic E-state index is 13.4. The lowest BCUT2D eigenvalue weighted by molar-refractivity contribution is 0.289. The van der Waals surface area contributed by atoms with Crippen LogP contribution < -0.4 is 4.74 Å². The zero-order valence-corrected chi connectivity index (χ0v) is 14.3. The number of hydrogen-bond donors (Lipinski definition) is 0. The average molecular weight is 396 g/mol. The lowest BCUT2D eigenvalue weighted by Crippen LogP contribution is -1.99. The molecular weight excluding hydrogens is 375 g/mol. The smallest absolute Gasteiger partial charge is 0.165 e. The molecule has 0 saturated carbocycles. The Hall–Kier alpha value is -0.0900. The monoisotopic (exact) mass is 394 g/mol. The van der Waals surface area contributed by atoms with Crippen molar-refractivity contribution in [3.05, 3.63) is 28.5 Å². The Labute approximate surface area is 132 Å². The van der Waals surface area contributed by atoms with Crippen LogP contribution in [0.1, 0.15) is 44.9 Å². The molecule has 0 radical (unpaired) electrons. The number of benzene rings is 1. The standard InChI is InChI=1S/C15H21Br2FO/c16-10-6-4-2-1-3-5-7-11-19-15-12-13(17)8-9-14(15)18/h8-9,12H,1-7,10-11H2. The molecule has 0 N–H and O–H groups in total. The second-order valence-electron chi connectivity index (χ2n) is 4.59. The number of alkyl halides is 1. The van der Waals surface area contributed by atoms with Gasteiger partial charge in [-0.25, -0.2) is 4.39 Å². The first-order valence-electron chi connectivity index (χ1n) is 6.88. The Morgan fingerprint density at radius 3 is 2.26 bits per heavy atom. The van der Waals surface area contributed by atoms with Crippen molar-refractivity contribution in [1.29, 1.82) is 0 Å². The van der Waals surface area contributed by atoms with Gasteiger partial charge in [-0.15, -0.1) is 0 Å². The first kappa shape index (κ1) is 17.0. The summed E-state index contributed by atoms with van der Waals surface area (Å²) in [5.74, 6) is 0.0460. The maximum Gasteiger partial charge on any atom is 0.165 e. The molecule has 1 rings (SSSR count). The second-order valence-corrected chi connectivity index (χ2v) is 6.30. The highest BCUT2D eigenvalue weighted by molar-refractivity contribution is 9.10. The van der Waals surface area contributed by atoms with E-state index in [4.69, 9.17) is 4.74 Å². The summed E-state index contributed by atoms with van der Waals surface area (Å²) < 4.78 is 19.7. The molecule has 0 fully saturated rings. The zero-order chi connectivity index (χ0) is 13.9. The molecule has 4 heteroatoms. The van der Waals surface area contributed by atoms with Crippen molar-refractivity contribution in [3.63, 3.8) is 0 Å². The van der Waals surface area contributed by atoms with E-state index in [1.165, 1.54) is 38.2 Å². The fourth-order valence-electron chi connectivity index (χ4n) is 1.85. The molecule has 0 unspecified atom stereocenters. The number of ether oxygens (including phenoxy) is 1. The van der Waals surface area contributed by atoms with E-state index in [2.05, 4.69) is 31.9 Å². The van der Waals surface area contributed by atoms with Crippen molar-refractivity contribution < 1.29 is 9.13 Å². The Kier molecular flexibility index (Phi) is 9.52. The Morgan fingerprint density at radius 2 is 1.58 bits per heavy atom. The summed E-state index contributed by atoms with van der Waals surface area (Å²) in [7, 11) is 0. The molecule has 0 aliphatic rings. The van der Waals surface area contributed by atoms with Gasteiger partial charge in [0.25, 0.3) is 0 Å². The van der Waals surface area contributed by atoms with Crippen LogP contribution in [0, 0.1) is 5.82 Å². The Bertz CT molecular complexity index is 358. The number of unbranched alkanes of at least 4 members (excludes halogenated alkanes) is 6. The molecule has 0 spiro atoms. The van der Waals surface area contributed by atoms with Gasteiger partial charge in [0.2, 0.25) is 0 Å². The van der Waals surface area contributed by atoms with Crippen LogP contribution in [0.5, 0.6) is 5.75 Å². The first-order valence-corrected chi connectivity index (χ1v) is 8.79. The molecule has 0 heterocycles. The molecule has 0 aromatic heterocycles. The number of hydrogen-bond acceptors (Lipinski definition) is 1. The van der Waals surface area contributed by atoms with Gasteiger partial charge < -0.3 is 4.74 Å². The molecule has 1 aromatic carbocycles. The molecule has 108 valence electrons. The van der Waals surface area contributed by atoms with E-state index < -0.39 is 0 Å². The van der Waals surface area contributed by atoms with E-state index in [0.717, 1.165) is 22.6 Å². The van der Waals surface area contributed by atoms with E-state index in [1.54, 1.807) is 12.1 Å². The predicted octanol–water partition coefficient (Wildman–Crippen LogP) is 6.09. The van der Waals surface area contributed by atoms with Crippen LogP contribution in [0.25, 0.3) is 0 Å². The van der Waals surface area contributed by atoms with E-state index in [-0.39, 0.29) is 5.82 Å². The summed E-state index contributed by atoms with van der Waals surface area (Å²) in [5, 5.41) is 1.11. The van der Waals surface area contributed by atoms with Crippen LogP contribution in [0.15, 0.2) is 22.7 Å². The van der Waals surface area contributed by atoms with Gasteiger partial charge in [-0.05, 0) is 31.0 Å². The average Bonchev–Trinajstić information content (AvgIpc) is 2.40. The fourth-order valence-corrected chi connectivity index (χ4v) is 2.59. The molecule has 19 heavy (non-hydrogen) atoms. The van der Waals surface area contributed by atoms with Crippen molar-refractivity contribution in [1.82, 2.24) is 0 Å². The van der Waals surface area contributed by atoms with Gasteiger partial charge in [-0.1, -0.05) is 64.0 Å². The summed E-state index contributed by atoms with van der Waals surface area (Å²) in [5.41, 5.74) is 0. The minimum atomic E-state index is -0.294. The van der Waals surface area contributed by atoms with Crippen molar-refractivity contribution in [2.75, 3.05) is 11.9 Å². The summed E-state index contributed by atoms with van der Waals surface area (Å²) in [4.78, 5) is 0. The summed E-state index contributed by atoms with van der Waals surface area (Å²) >= 11 is 6.75. The summed E-state index contributed by atoms with van der Waals surface area (Å²) in [6, 6.07) is 4.77. The van der Waals surface area contributed by atoms with E-state index in [9.17, 15) is 4.39 Å². The van der Waals surface area contributed by atoms with Gasteiger partial charge in [0.15, 0.2) is 11.6 Å². The highest BCUT2D eigenvalue weighted by Gasteiger charge is 2.03. The molecule has 0 bridgehead atoms. The number of halogens is 3. The van der Waals surface area contributed by atoms with Gasteiger partial charge in [-0.3, -0.25) is 0 Å². The van der Waals surface area contributed by atoms with Crippen molar-refractivity contribution in [2.24, 2.45) is 0 Å². The number of rotatable bonds is 10. The predicted molar refractivity (Wildman–Crippen MR) is 85.7 cm³/mol. The van der Waals surface area contributed by atoms with Crippen LogP contribution >= 0.6 is 31.9 Å². The third kappa shape index (κ3) is 7.93. The van der Waals surface area contributed by atoms with E-state index >= 15 is 0 Å². The van der Waals surface area contributed by atoms with Gasteiger partial charge in [0.05, 0.1) is 6.61 Å². The highest BCUT2D eigenvalue weighted by atomic mass is 79.9. The summed E-state index contributed by atoms with van der Waals surface area (Å²) in [6.07, 6.45) is 8.57. The fraction of sp³-hybridized carbons (Fsp3) is 0.600. The Balaban J connectivity index is 2.03. The van der Waals surface area contributed by atoms with Crippen molar-refractivity contribution >= 4 is 31.9 Å². The summed E-state index contributed by atoms with van der Waals surface area (Å²) in [6.45, 7) is 0.592. The third-order valence-electron chi connectivity index (χ3n) is 2.93. The van der Waals surface area contributed by atoms with Crippen molar-refractivity contribution in [2.45, 2.75) is 44.9 Å². The largest absolute Gasteiger partial charge is 0.490 e. The van der Waals surface area contributed by atoms with Crippen LogP contribution in [-0.4, -0.2) is 11.9 Å². The molecule has 0 aliphatic carbocycles. The van der Waals surface area contributed by atoms with Crippen LogP contribution in [-0.2, 0) is 0 Å². The topological polar surface area (TPSA) is 9.23 Å². The van der Waals surface area contributed by atoms with Crippen LogP contribution in [0.4, 0.5) is 4.39 Å². The second kappa shape index (κ2) is 10.7. The van der Waals surface area contributed by atoms with E-state index in [1.807, 2.05) is 0 Å². The quantitative estimate of drug-likeness (QED) is 0.344. The molecule has 0 amide bonds. The van der Waals surface area contributed by atoms with Gasteiger partial charge in [0, 0.05) is 9.80 Å². The molecule has 0 atom stereocenters. The minimum Gasteiger partial charge on any atom is -0.490 e. The van der Waals surface area contributed by atoms with Crippen LogP contribution in [0.3, 0.4) is 0 Å². The molecule has 1 aromatic rings. The first-order chi connectivity index (χ1) is 9.24. The van der Waals surface area contributed by atoms with Gasteiger partial charge >= 0.3 is 0 Å². The lowest BCUT2D eigenvalue weighted by atomic mass is 10.1. The maximum atomic E-state index is 13.4.